The average molecular weight is 522 g/mol. The smallest absolute Gasteiger partial charge is 0.254 e. The summed E-state index contributed by atoms with van der Waals surface area (Å²) in [7, 11) is -3.30. The van der Waals surface area contributed by atoms with Crippen LogP contribution < -0.4 is 0 Å². The first-order valence-electron chi connectivity index (χ1n) is 12.2. The molecule has 0 spiro atoms. The maximum absolute atomic E-state index is 13.7. The first-order valence-corrected chi connectivity index (χ1v) is 14.0. The summed E-state index contributed by atoms with van der Waals surface area (Å²) < 4.78 is 26.7. The lowest BCUT2D eigenvalue weighted by Crippen LogP contribution is -2.39. The van der Waals surface area contributed by atoms with Crippen LogP contribution in [0.2, 0.25) is 0 Å². The predicted molar refractivity (Wildman–Crippen MR) is 135 cm³/mol. The number of likely N-dealkylation sites (tertiary alicyclic amines) is 1. The van der Waals surface area contributed by atoms with Crippen LogP contribution in [0.25, 0.3) is 5.69 Å². The van der Waals surface area contributed by atoms with Gasteiger partial charge in [-0.2, -0.15) is 0 Å². The normalized spacial score (nSPS) is 20.1. The van der Waals surface area contributed by atoms with E-state index >= 15 is 0 Å². The summed E-state index contributed by atoms with van der Waals surface area (Å²) in [4.78, 5) is 40.6. The van der Waals surface area contributed by atoms with Gasteiger partial charge in [-0.1, -0.05) is 41.6 Å². The number of benzene rings is 2. The molecule has 2 aromatic carbocycles. The van der Waals surface area contributed by atoms with E-state index in [2.05, 4.69) is 10.3 Å². The van der Waals surface area contributed by atoms with Crippen LogP contribution in [0, 0.1) is 0 Å². The standard InChI is InChI=1S/C26H27N5O5S/c32-23-10-11-25(33)29(17-23)15-21-16-31(28-27-21)22-9-4-8-20(14-22)26(34)30-12-5-13-37(35,36)18-24(30)19-6-2-1-3-7-19/h1-4,6-9,14,16,24H,5,10-13,15,17-18H2. The van der Waals surface area contributed by atoms with Gasteiger partial charge in [0, 0.05) is 24.9 Å². The fourth-order valence-corrected chi connectivity index (χ4v) is 6.38. The molecule has 1 aromatic heterocycles. The number of nitrogens with zero attached hydrogens (tertiary/aromatic N) is 5. The fraction of sp³-hybridized carbons (Fsp3) is 0.346. The Labute approximate surface area is 214 Å². The van der Waals surface area contributed by atoms with Gasteiger partial charge in [-0.3, -0.25) is 14.4 Å². The lowest BCUT2D eigenvalue weighted by molar-refractivity contribution is -0.140. The lowest BCUT2D eigenvalue weighted by atomic mass is 10.0. The number of carbonyl (C=O) groups is 3. The van der Waals surface area contributed by atoms with E-state index in [1.54, 1.807) is 35.4 Å². The number of hydrogen-bond donors (Lipinski definition) is 0. The second kappa shape index (κ2) is 10.3. The molecule has 3 aromatic rings. The van der Waals surface area contributed by atoms with Gasteiger partial charge in [0.25, 0.3) is 5.91 Å². The SMILES string of the molecule is O=C1CCC(=O)N(Cc2cn(-c3cccc(C(=O)N4CCCS(=O)(=O)CC4c4ccccc4)c3)nn2)C1. The number of Topliss-reactive ketones (excluding diaryl/α,β-unsaturated/α-hetero) is 1. The maximum atomic E-state index is 13.7. The van der Waals surface area contributed by atoms with Crippen LogP contribution in [0.1, 0.15) is 46.9 Å². The summed E-state index contributed by atoms with van der Waals surface area (Å²) >= 11 is 0. The van der Waals surface area contributed by atoms with Crippen molar-refractivity contribution in [3.05, 3.63) is 77.6 Å². The van der Waals surface area contributed by atoms with Crippen LogP contribution in [0.3, 0.4) is 0 Å². The maximum Gasteiger partial charge on any atom is 0.254 e. The largest absolute Gasteiger partial charge is 0.331 e. The van der Waals surface area contributed by atoms with E-state index in [1.807, 2.05) is 30.3 Å². The second-order valence-electron chi connectivity index (χ2n) is 9.39. The van der Waals surface area contributed by atoms with Gasteiger partial charge in [0.05, 0.1) is 42.5 Å². The van der Waals surface area contributed by atoms with E-state index in [1.165, 1.54) is 9.58 Å². The van der Waals surface area contributed by atoms with Gasteiger partial charge in [0.1, 0.15) is 5.69 Å². The number of hydrogen-bond acceptors (Lipinski definition) is 7. The van der Waals surface area contributed by atoms with Gasteiger partial charge < -0.3 is 9.80 Å². The van der Waals surface area contributed by atoms with E-state index < -0.39 is 15.9 Å². The van der Waals surface area contributed by atoms with Gasteiger partial charge in [-0.25, -0.2) is 13.1 Å². The minimum absolute atomic E-state index is 0.0216. The molecule has 37 heavy (non-hydrogen) atoms. The Balaban J connectivity index is 1.38. The summed E-state index contributed by atoms with van der Waals surface area (Å²) in [5.41, 5.74) is 2.32. The Hall–Kier alpha value is -3.86. The molecular weight excluding hydrogens is 494 g/mol. The van der Waals surface area contributed by atoms with Crippen molar-refractivity contribution in [2.45, 2.75) is 31.8 Å². The second-order valence-corrected chi connectivity index (χ2v) is 11.6. The number of amides is 2. The highest BCUT2D eigenvalue weighted by Gasteiger charge is 2.33. The molecule has 192 valence electrons. The van der Waals surface area contributed by atoms with Crippen LogP contribution in [0.15, 0.2) is 60.8 Å². The minimum Gasteiger partial charge on any atom is -0.331 e. The van der Waals surface area contributed by atoms with E-state index in [4.69, 9.17) is 0 Å². The first kappa shape index (κ1) is 24.8. The minimum atomic E-state index is -3.30. The van der Waals surface area contributed by atoms with Crippen molar-refractivity contribution in [1.82, 2.24) is 24.8 Å². The molecule has 1 unspecified atom stereocenters. The molecule has 11 heteroatoms. The van der Waals surface area contributed by atoms with E-state index in [9.17, 15) is 22.8 Å². The van der Waals surface area contributed by atoms with Crippen LogP contribution in [-0.2, 0) is 26.0 Å². The molecule has 0 aliphatic carbocycles. The fourth-order valence-electron chi connectivity index (χ4n) is 4.79. The molecule has 5 rings (SSSR count). The third kappa shape index (κ3) is 5.61. The lowest BCUT2D eigenvalue weighted by Gasteiger charge is -2.30. The number of rotatable bonds is 5. The van der Waals surface area contributed by atoms with Crippen molar-refractivity contribution in [3.63, 3.8) is 0 Å². The van der Waals surface area contributed by atoms with Gasteiger partial charge in [-0.15, -0.1) is 5.10 Å². The monoisotopic (exact) mass is 521 g/mol. The van der Waals surface area contributed by atoms with Crippen molar-refractivity contribution in [2.75, 3.05) is 24.6 Å². The van der Waals surface area contributed by atoms with Crippen molar-refractivity contribution >= 4 is 27.4 Å². The summed E-state index contributed by atoms with van der Waals surface area (Å²) in [5.74, 6) is -0.396. The number of sulfone groups is 1. The quantitative estimate of drug-likeness (QED) is 0.503. The third-order valence-corrected chi connectivity index (χ3v) is 8.41. The molecule has 2 aliphatic heterocycles. The molecule has 0 saturated carbocycles. The van der Waals surface area contributed by atoms with Crippen LogP contribution >= 0.6 is 0 Å². The van der Waals surface area contributed by atoms with Gasteiger partial charge in [-0.05, 0) is 30.2 Å². The third-order valence-electron chi connectivity index (χ3n) is 6.68. The topological polar surface area (TPSA) is 123 Å². The Bertz CT molecular complexity index is 1440. The Morgan fingerprint density at radius 1 is 1.03 bits per heavy atom. The molecule has 10 nitrogen and oxygen atoms in total. The summed E-state index contributed by atoms with van der Waals surface area (Å²) in [5, 5.41) is 8.28. The zero-order valence-electron chi connectivity index (χ0n) is 20.2. The van der Waals surface area contributed by atoms with E-state index in [0.29, 0.717) is 29.9 Å². The van der Waals surface area contributed by atoms with Crippen molar-refractivity contribution < 1.29 is 22.8 Å². The molecule has 0 N–H and O–H groups in total. The number of aromatic nitrogens is 3. The van der Waals surface area contributed by atoms with Crippen LogP contribution in [-0.4, -0.2) is 75.4 Å². The zero-order chi connectivity index (χ0) is 26.0. The molecule has 1 atom stereocenters. The summed E-state index contributed by atoms with van der Waals surface area (Å²) in [6, 6.07) is 15.6. The molecule has 2 saturated heterocycles. The Kier molecular flexibility index (Phi) is 6.88. The van der Waals surface area contributed by atoms with Crippen LogP contribution in [0.5, 0.6) is 0 Å². The highest BCUT2D eigenvalue weighted by molar-refractivity contribution is 7.91. The molecule has 3 heterocycles. The van der Waals surface area contributed by atoms with E-state index in [0.717, 1.165) is 5.56 Å². The predicted octanol–water partition coefficient (Wildman–Crippen LogP) is 1.96. The number of ketones is 1. The molecular formula is C26H27N5O5S. The van der Waals surface area contributed by atoms with Gasteiger partial charge >= 0.3 is 0 Å². The van der Waals surface area contributed by atoms with Crippen molar-refractivity contribution in [2.24, 2.45) is 0 Å². The number of piperidine rings is 1. The van der Waals surface area contributed by atoms with Crippen molar-refractivity contribution in [3.8, 4) is 5.69 Å². The van der Waals surface area contributed by atoms with Gasteiger partial charge in [0.15, 0.2) is 15.6 Å². The summed E-state index contributed by atoms with van der Waals surface area (Å²) in [6.07, 6.45) is 2.53. The highest BCUT2D eigenvalue weighted by atomic mass is 32.2. The number of carbonyl (C=O) groups excluding carboxylic acids is 3. The van der Waals surface area contributed by atoms with E-state index in [-0.39, 0.29) is 55.0 Å². The Morgan fingerprint density at radius 3 is 2.65 bits per heavy atom. The van der Waals surface area contributed by atoms with Gasteiger partial charge in [0.2, 0.25) is 5.91 Å². The first-order chi connectivity index (χ1) is 17.8. The molecule has 2 fully saturated rings. The molecule has 2 aliphatic rings. The average Bonchev–Trinajstić information content (AvgIpc) is 3.29. The molecule has 2 amide bonds. The zero-order valence-corrected chi connectivity index (χ0v) is 21.0. The molecule has 0 bridgehead atoms. The summed E-state index contributed by atoms with van der Waals surface area (Å²) in [6.45, 7) is 0.589. The van der Waals surface area contributed by atoms with Crippen LogP contribution in [0.4, 0.5) is 0 Å². The highest BCUT2D eigenvalue weighted by Crippen LogP contribution is 2.28. The molecule has 0 radical (unpaired) electrons. The Morgan fingerprint density at radius 2 is 1.84 bits per heavy atom. The van der Waals surface area contributed by atoms with Crippen molar-refractivity contribution in [1.29, 1.82) is 0 Å².